The summed E-state index contributed by atoms with van der Waals surface area (Å²) >= 11 is 2.33. The van der Waals surface area contributed by atoms with E-state index in [2.05, 4.69) is 20.9 Å². The molecule has 0 amide bonds. The lowest BCUT2D eigenvalue weighted by Crippen LogP contribution is -2.12. The van der Waals surface area contributed by atoms with Gasteiger partial charge in [0.2, 0.25) is 0 Å². The minimum atomic E-state index is -5.06. The molecule has 0 saturated heterocycles. The highest BCUT2D eigenvalue weighted by atomic mass is 79.9. The van der Waals surface area contributed by atoms with E-state index in [9.17, 15) is 32.1 Å². The van der Waals surface area contributed by atoms with Crippen LogP contribution in [0.5, 0.6) is 0 Å². The van der Waals surface area contributed by atoms with Crippen LogP contribution in [0.25, 0.3) is 0 Å². The maximum absolute atomic E-state index is 12.4. The molecule has 1 aromatic rings. The minimum absolute atomic E-state index is 0.296. The largest absolute Gasteiger partial charge is 0.434 e. The molecular weight excluding hydrogens is 319 g/mol. The molecule has 4 nitrogen and oxygen atoms in total. The topological polar surface area (TPSA) is 56.0 Å². The molecule has 0 unspecified atom stereocenters. The number of alkyl halides is 5. The van der Waals surface area contributed by atoms with E-state index in [1.54, 1.807) is 0 Å². The Bertz CT molecular complexity index is 462. The van der Waals surface area contributed by atoms with Crippen molar-refractivity contribution in [3.05, 3.63) is 32.0 Å². The zero-order valence-corrected chi connectivity index (χ0v) is 9.22. The summed E-state index contributed by atoms with van der Waals surface area (Å²) in [5, 5.41) is 10.4. The average molecular weight is 321 g/mol. The maximum atomic E-state index is 12.4. The molecule has 1 aromatic heterocycles. The zero-order chi connectivity index (χ0) is 13.4. The van der Waals surface area contributed by atoms with Crippen molar-refractivity contribution in [1.82, 2.24) is 4.98 Å². The van der Waals surface area contributed by atoms with Gasteiger partial charge in [-0.05, 0) is 15.9 Å². The Labute approximate surface area is 98.7 Å². The lowest BCUT2D eigenvalue weighted by molar-refractivity contribution is -0.386. The Morgan fingerprint density at radius 2 is 1.94 bits per heavy atom. The van der Waals surface area contributed by atoms with Crippen LogP contribution in [0.1, 0.15) is 17.8 Å². The number of halogens is 6. The van der Waals surface area contributed by atoms with Crippen LogP contribution in [-0.2, 0) is 6.18 Å². The van der Waals surface area contributed by atoms with Crippen LogP contribution in [0.2, 0.25) is 0 Å². The van der Waals surface area contributed by atoms with Gasteiger partial charge in [0.15, 0.2) is 5.69 Å². The summed E-state index contributed by atoms with van der Waals surface area (Å²) in [5.41, 5.74) is -4.16. The molecule has 10 heteroatoms. The fourth-order valence-corrected chi connectivity index (χ4v) is 1.54. The Kier molecular flexibility index (Phi) is 3.65. The van der Waals surface area contributed by atoms with Gasteiger partial charge in [-0.15, -0.1) is 0 Å². The van der Waals surface area contributed by atoms with E-state index in [4.69, 9.17) is 0 Å². The van der Waals surface area contributed by atoms with Gasteiger partial charge in [0, 0.05) is 6.07 Å². The van der Waals surface area contributed by atoms with Gasteiger partial charge < -0.3 is 0 Å². The number of aromatic nitrogens is 1. The van der Waals surface area contributed by atoms with Crippen molar-refractivity contribution in [3.63, 3.8) is 0 Å². The number of nitro groups is 1. The van der Waals surface area contributed by atoms with Crippen molar-refractivity contribution in [2.75, 3.05) is 0 Å². The Morgan fingerprint density at radius 1 is 1.41 bits per heavy atom. The van der Waals surface area contributed by atoms with Gasteiger partial charge in [0.1, 0.15) is 10.2 Å². The summed E-state index contributed by atoms with van der Waals surface area (Å²) in [6.07, 6.45) is -8.39. The molecule has 0 atom stereocenters. The van der Waals surface area contributed by atoms with Crippen molar-refractivity contribution >= 4 is 21.6 Å². The van der Waals surface area contributed by atoms with Crippen LogP contribution in [0.15, 0.2) is 10.5 Å². The highest BCUT2D eigenvalue weighted by molar-refractivity contribution is 9.10. The first kappa shape index (κ1) is 13.7. The van der Waals surface area contributed by atoms with Crippen molar-refractivity contribution in [2.24, 2.45) is 0 Å². The first-order chi connectivity index (χ1) is 7.64. The van der Waals surface area contributed by atoms with Crippen molar-refractivity contribution < 1.29 is 26.9 Å². The molecule has 0 fully saturated rings. The third kappa shape index (κ3) is 2.87. The minimum Gasteiger partial charge on any atom is -0.258 e. The fourth-order valence-electron chi connectivity index (χ4n) is 0.968. The first-order valence-corrected chi connectivity index (χ1v) is 4.64. The molecule has 0 bridgehead atoms. The van der Waals surface area contributed by atoms with E-state index in [0.29, 0.717) is 6.07 Å². The van der Waals surface area contributed by atoms with Gasteiger partial charge in [-0.1, -0.05) is 0 Å². The van der Waals surface area contributed by atoms with Crippen molar-refractivity contribution in [3.8, 4) is 0 Å². The normalized spacial score (nSPS) is 11.9. The molecule has 94 valence electrons. The quantitative estimate of drug-likeness (QED) is 0.474. The number of nitrogens with zero attached hydrogens (tertiary/aromatic N) is 2. The van der Waals surface area contributed by atoms with Crippen LogP contribution in [-0.4, -0.2) is 9.91 Å². The monoisotopic (exact) mass is 320 g/mol. The summed E-state index contributed by atoms with van der Waals surface area (Å²) in [4.78, 5) is 11.9. The Morgan fingerprint density at radius 3 is 2.29 bits per heavy atom. The summed E-state index contributed by atoms with van der Waals surface area (Å²) in [7, 11) is 0. The van der Waals surface area contributed by atoms with Crippen LogP contribution < -0.4 is 0 Å². The molecule has 0 aromatic carbocycles. The number of hydrogen-bond donors (Lipinski definition) is 0. The molecule has 1 heterocycles. The van der Waals surface area contributed by atoms with E-state index in [1.165, 1.54) is 0 Å². The third-order valence-corrected chi connectivity index (χ3v) is 2.43. The molecule has 0 aliphatic carbocycles. The molecule has 0 spiro atoms. The Balaban J connectivity index is 3.55. The number of rotatable bonds is 2. The summed E-state index contributed by atoms with van der Waals surface area (Å²) in [6, 6.07) is 0.296. The molecule has 17 heavy (non-hydrogen) atoms. The SMILES string of the molecule is O=[N+]([O-])c1cc(C(F)F)nc(C(F)(F)F)c1Br. The first-order valence-electron chi connectivity index (χ1n) is 3.84. The van der Waals surface area contributed by atoms with Gasteiger partial charge in [0.05, 0.1) is 4.92 Å². The van der Waals surface area contributed by atoms with Crippen LogP contribution in [0.3, 0.4) is 0 Å². The molecule has 0 aliphatic heterocycles. The van der Waals surface area contributed by atoms with Gasteiger partial charge in [-0.25, -0.2) is 13.8 Å². The van der Waals surface area contributed by atoms with E-state index >= 15 is 0 Å². The van der Waals surface area contributed by atoms with Gasteiger partial charge >= 0.3 is 6.18 Å². The van der Waals surface area contributed by atoms with Crippen molar-refractivity contribution in [2.45, 2.75) is 12.6 Å². The summed E-state index contributed by atoms with van der Waals surface area (Å²) < 4.78 is 60.6. The van der Waals surface area contributed by atoms with E-state index < -0.39 is 39.1 Å². The highest BCUT2D eigenvalue weighted by Gasteiger charge is 2.39. The van der Waals surface area contributed by atoms with Gasteiger partial charge in [0.25, 0.3) is 12.1 Å². The van der Waals surface area contributed by atoms with Crippen LogP contribution in [0, 0.1) is 10.1 Å². The number of pyridine rings is 1. The van der Waals surface area contributed by atoms with E-state index in [-0.39, 0.29) is 0 Å². The van der Waals surface area contributed by atoms with Crippen LogP contribution >= 0.6 is 15.9 Å². The van der Waals surface area contributed by atoms with E-state index in [1.807, 2.05) is 0 Å². The van der Waals surface area contributed by atoms with Crippen LogP contribution in [0.4, 0.5) is 27.6 Å². The average Bonchev–Trinajstić information content (AvgIpc) is 2.15. The molecule has 0 aliphatic rings. The maximum Gasteiger partial charge on any atom is 0.434 e. The second-order valence-corrected chi connectivity index (χ2v) is 3.58. The van der Waals surface area contributed by atoms with Crippen molar-refractivity contribution in [1.29, 1.82) is 0 Å². The van der Waals surface area contributed by atoms with Gasteiger partial charge in [-0.3, -0.25) is 10.1 Å². The zero-order valence-electron chi connectivity index (χ0n) is 7.63. The molecular formula is C7H2BrF5N2O2. The Hall–Kier alpha value is -1.32. The van der Waals surface area contributed by atoms with Gasteiger partial charge in [-0.2, -0.15) is 13.2 Å². The fraction of sp³-hybridized carbons (Fsp3) is 0.286. The van der Waals surface area contributed by atoms with E-state index in [0.717, 1.165) is 0 Å². The second kappa shape index (κ2) is 4.51. The molecule has 0 N–H and O–H groups in total. The third-order valence-electron chi connectivity index (χ3n) is 1.65. The lowest BCUT2D eigenvalue weighted by atomic mass is 10.2. The lowest BCUT2D eigenvalue weighted by Gasteiger charge is -2.10. The molecule has 0 saturated carbocycles. The predicted octanol–water partition coefficient (Wildman–Crippen LogP) is 3.71. The number of hydrogen-bond acceptors (Lipinski definition) is 3. The standard InChI is InChI=1S/C7H2BrF5N2O2/c8-4-3(15(16)17)1-2(6(9)10)14-5(4)7(11,12)13/h1,6H. The smallest absolute Gasteiger partial charge is 0.258 e. The highest BCUT2D eigenvalue weighted by Crippen LogP contribution is 2.39. The second-order valence-electron chi connectivity index (χ2n) is 2.78. The molecule has 0 radical (unpaired) electrons. The summed E-state index contributed by atoms with van der Waals surface area (Å²) in [6.45, 7) is 0. The summed E-state index contributed by atoms with van der Waals surface area (Å²) in [5.74, 6) is 0. The molecule has 1 rings (SSSR count). The predicted molar refractivity (Wildman–Crippen MR) is 48.6 cm³/mol.